The number of hydrogen-bond acceptors (Lipinski definition) is 4. The third-order valence-corrected chi connectivity index (χ3v) is 4.24. The molecule has 0 amide bonds. The molecule has 1 aromatic heterocycles. The maximum Gasteiger partial charge on any atom is 0.266 e. The predicted molar refractivity (Wildman–Crippen MR) is 96.4 cm³/mol. The number of methoxy groups -OCH3 is 1. The van der Waals surface area contributed by atoms with Gasteiger partial charge in [0.15, 0.2) is 0 Å². The fraction of sp³-hybridized carbons (Fsp3) is 0.222. The summed E-state index contributed by atoms with van der Waals surface area (Å²) < 4.78 is 6.81. The van der Waals surface area contributed by atoms with E-state index in [2.05, 4.69) is 10.3 Å². The number of nitrogens with zero attached hydrogens (tertiary/aromatic N) is 2. The molecule has 0 radical (unpaired) electrons. The van der Waals surface area contributed by atoms with Crippen molar-refractivity contribution < 1.29 is 4.74 Å². The van der Waals surface area contributed by atoms with E-state index in [0.29, 0.717) is 21.7 Å². The summed E-state index contributed by atoms with van der Waals surface area (Å²) >= 11 is 6.05. The Morgan fingerprint density at radius 3 is 2.54 bits per heavy atom. The fourth-order valence-corrected chi connectivity index (χ4v) is 2.74. The molecule has 124 valence electrons. The van der Waals surface area contributed by atoms with Crippen LogP contribution in [0, 0.1) is 0 Å². The van der Waals surface area contributed by atoms with Crippen LogP contribution in [0.2, 0.25) is 5.02 Å². The number of halogens is 1. The number of hydrogen-bond donors (Lipinski definition) is 1. The zero-order valence-electron chi connectivity index (χ0n) is 13.7. The van der Waals surface area contributed by atoms with Gasteiger partial charge in [-0.2, -0.15) is 0 Å². The zero-order chi connectivity index (χ0) is 17.3. The summed E-state index contributed by atoms with van der Waals surface area (Å²) in [5.41, 5.74) is 1.20. The van der Waals surface area contributed by atoms with Crippen LogP contribution in [0.3, 0.4) is 0 Å². The third-order valence-electron chi connectivity index (χ3n) is 4.01. The van der Waals surface area contributed by atoms with E-state index in [1.165, 1.54) is 0 Å². The first kappa shape index (κ1) is 16.5. The minimum absolute atomic E-state index is 0.108. The van der Waals surface area contributed by atoms with Crippen LogP contribution in [-0.2, 0) is 0 Å². The molecule has 5 nitrogen and oxygen atoms in total. The third kappa shape index (κ3) is 2.88. The average Bonchev–Trinajstić information content (AvgIpc) is 2.60. The highest BCUT2D eigenvalue weighted by molar-refractivity contribution is 6.31. The van der Waals surface area contributed by atoms with Crippen LogP contribution >= 0.6 is 11.6 Å². The number of nitrogens with one attached hydrogen (secondary N) is 1. The van der Waals surface area contributed by atoms with E-state index < -0.39 is 0 Å². The lowest BCUT2D eigenvalue weighted by atomic mass is 10.2. The number of fused-ring (bicyclic) bond motifs is 1. The quantitative estimate of drug-likeness (QED) is 0.789. The summed E-state index contributed by atoms with van der Waals surface area (Å²) in [4.78, 5) is 17.7. The second-order valence-electron chi connectivity index (χ2n) is 5.48. The van der Waals surface area contributed by atoms with E-state index in [-0.39, 0.29) is 11.6 Å². The van der Waals surface area contributed by atoms with Crippen molar-refractivity contribution in [1.82, 2.24) is 14.9 Å². The van der Waals surface area contributed by atoms with Crippen LogP contribution in [0.5, 0.6) is 5.75 Å². The second-order valence-corrected chi connectivity index (χ2v) is 5.92. The molecule has 0 saturated carbocycles. The van der Waals surface area contributed by atoms with E-state index in [1.54, 1.807) is 29.9 Å². The maximum absolute atomic E-state index is 13.1. The Morgan fingerprint density at radius 2 is 1.92 bits per heavy atom. The van der Waals surface area contributed by atoms with Gasteiger partial charge in [-0.15, -0.1) is 0 Å². The Labute approximate surface area is 144 Å². The summed E-state index contributed by atoms with van der Waals surface area (Å²) in [7, 11) is 3.44. The molecule has 0 fully saturated rings. The molecular formula is C18H18ClN3O2. The predicted octanol–water partition coefficient (Wildman–Crippen LogP) is 3.33. The lowest BCUT2D eigenvalue weighted by Gasteiger charge is -2.18. The van der Waals surface area contributed by atoms with E-state index >= 15 is 0 Å². The van der Waals surface area contributed by atoms with Crippen molar-refractivity contribution in [2.24, 2.45) is 0 Å². The summed E-state index contributed by atoms with van der Waals surface area (Å²) in [6.07, 6.45) is 0. The molecule has 3 rings (SSSR count). The molecule has 1 heterocycles. The van der Waals surface area contributed by atoms with Crippen molar-refractivity contribution >= 4 is 22.5 Å². The van der Waals surface area contributed by atoms with Gasteiger partial charge in [0, 0.05) is 5.02 Å². The van der Waals surface area contributed by atoms with Crippen LogP contribution in [0.1, 0.15) is 18.8 Å². The molecule has 1 unspecified atom stereocenters. The smallest absolute Gasteiger partial charge is 0.266 e. The Hall–Kier alpha value is -2.37. The van der Waals surface area contributed by atoms with Gasteiger partial charge < -0.3 is 10.1 Å². The van der Waals surface area contributed by atoms with Gasteiger partial charge in [0.1, 0.15) is 11.6 Å². The minimum Gasteiger partial charge on any atom is -0.497 e. The molecule has 2 aromatic carbocycles. The molecule has 1 atom stereocenters. The highest BCUT2D eigenvalue weighted by Crippen LogP contribution is 2.21. The molecule has 6 heteroatoms. The largest absolute Gasteiger partial charge is 0.497 e. The minimum atomic E-state index is -0.126. The molecule has 0 aliphatic carbocycles. The van der Waals surface area contributed by atoms with Crippen molar-refractivity contribution in [3.63, 3.8) is 0 Å². The lowest BCUT2D eigenvalue weighted by molar-refractivity contribution is 0.414. The van der Waals surface area contributed by atoms with Crippen LogP contribution in [-0.4, -0.2) is 23.7 Å². The molecule has 0 bridgehead atoms. The van der Waals surface area contributed by atoms with Crippen LogP contribution < -0.4 is 15.6 Å². The van der Waals surface area contributed by atoms with Crippen molar-refractivity contribution in [1.29, 1.82) is 0 Å². The molecule has 1 N–H and O–H groups in total. The van der Waals surface area contributed by atoms with Crippen LogP contribution in [0.15, 0.2) is 47.3 Å². The van der Waals surface area contributed by atoms with E-state index in [4.69, 9.17) is 16.3 Å². The summed E-state index contributed by atoms with van der Waals surface area (Å²) in [6.45, 7) is 1.96. The van der Waals surface area contributed by atoms with Crippen LogP contribution in [0.4, 0.5) is 0 Å². The van der Waals surface area contributed by atoms with Gasteiger partial charge in [-0.1, -0.05) is 11.6 Å². The Balaban J connectivity index is 2.32. The van der Waals surface area contributed by atoms with Gasteiger partial charge in [0.05, 0.1) is 29.7 Å². The first-order chi connectivity index (χ1) is 11.5. The monoisotopic (exact) mass is 343 g/mol. The first-order valence-electron chi connectivity index (χ1n) is 7.59. The molecule has 0 aliphatic rings. The van der Waals surface area contributed by atoms with Gasteiger partial charge in [-0.3, -0.25) is 9.36 Å². The molecule has 3 aromatic rings. The summed E-state index contributed by atoms with van der Waals surface area (Å²) in [6, 6.07) is 12.3. The average molecular weight is 344 g/mol. The standard InChI is InChI=1S/C18H18ClN3O2/c1-11(20-2)17-21-16-10-12(19)4-9-15(16)18(23)22(17)13-5-7-14(24-3)8-6-13/h4-11,20H,1-3H3. The Morgan fingerprint density at radius 1 is 1.21 bits per heavy atom. The molecule has 24 heavy (non-hydrogen) atoms. The molecule has 0 aliphatic heterocycles. The van der Waals surface area contributed by atoms with Gasteiger partial charge in [-0.25, -0.2) is 4.98 Å². The van der Waals surface area contributed by atoms with Crippen molar-refractivity contribution in [3.8, 4) is 11.4 Å². The summed E-state index contributed by atoms with van der Waals surface area (Å²) in [5.74, 6) is 1.36. The van der Waals surface area contributed by atoms with Crippen LogP contribution in [0.25, 0.3) is 16.6 Å². The van der Waals surface area contributed by atoms with Gasteiger partial charge in [-0.05, 0) is 56.4 Å². The highest BCUT2D eigenvalue weighted by atomic mass is 35.5. The lowest BCUT2D eigenvalue weighted by Crippen LogP contribution is -2.28. The Bertz CT molecular complexity index is 935. The Kier molecular flexibility index (Phi) is 4.55. The zero-order valence-corrected chi connectivity index (χ0v) is 14.5. The van der Waals surface area contributed by atoms with E-state index in [1.807, 2.05) is 38.2 Å². The number of ether oxygens (including phenoxy) is 1. The molecular weight excluding hydrogens is 326 g/mol. The van der Waals surface area contributed by atoms with Crippen molar-refractivity contribution in [2.45, 2.75) is 13.0 Å². The number of aromatic nitrogens is 2. The SMILES string of the molecule is CNC(C)c1nc2cc(Cl)ccc2c(=O)n1-c1ccc(OC)cc1. The fourth-order valence-electron chi connectivity index (χ4n) is 2.58. The topological polar surface area (TPSA) is 56.2 Å². The van der Waals surface area contributed by atoms with Crippen molar-refractivity contribution in [3.05, 3.63) is 63.7 Å². The number of benzene rings is 2. The summed E-state index contributed by atoms with van der Waals surface area (Å²) in [5, 5.41) is 4.23. The maximum atomic E-state index is 13.1. The van der Waals surface area contributed by atoms with E-state index in [9.17, 15) is 4.79 Å². The van der Waals surface area contributed by atoms with E-state index in [0.717, 1.165) is 11.4 Å². The molecule has 0 saturated heterocycles. The van der Waals surface area contributed by atoms with Gasteiger partial charge in [0.25, 0.3) is 5.56 Å². The van der Waals surface area contributed by atoms with Gasteiger partial charge >= 0.3 is 0 Å². The normalized spacial score (nSPS) is 12.3. The first-order valence-corrected chi connectivity index (χ1v) is 7.97. The number of rotatable bonds is 4. The molecule has 0 spiro atoms. The van der Waals surface area contributed by atoms with Gasteiger partial charge in [0.2, 0.25) is 0 Å². The second kappa shape index (κ2) is 6.63. The van der Waals surface area contributed by atoms with Crippen molar-refractivity contribution in [2.75, 3.05) is 14.2 Å². The highest BCUT2D eigenvalue weighted by Gasteiger charge is 2.17.